The summed E-state index contributed by atoms with van der Waals surface area (Å²) in [5, 5.41) is 3.47. The minimum Gasteiger partial charge on any atom is -0.381 e. The smallest absolute Gasteiger partial charge is 0.134 e. The lowest BCUT2D eigenvalue weighted by Crippen LogP contribution is -2.35. The Morgan fingerprint density at radius 3 is 2.79 bits per heavy atom. The Labute approximate surface area is 116 Å². The summed E-state index contributed by atoms with van der Waals surface area (Å²) >= 11 is 0. The van der Waals surface area contributed by atoms with Gasteiger partial charge in [0.05, 0.1) is 12.3 Å². The zero-order valence-corrected chi connectivity index (χ0v) is 12.5. The van der Waals surface area contributed by atoms with Gasteiger partial charge in [0.2, 0.25) is 0 Å². The Balaban J connectivity index is 2.10. The normalized spacial score (nSPS) is 20.5. The molecule has 0 radical (unpaired) electrons. The van der Waals surface area contributed by atoms with Gasteiger partial charge in [0.25, 0.3) is 0 Å². The van der Waals surface area contributed by atoms with E-state index in [0.29, 0.717) is 5.92 Å². The fraction of sp³-hybridized carbons (Fsp3) is 0.733. The molecule has 4 nitrogen and oxygen atoms in total. The first-order chi connectivity index (χ1) is 8.94. The Bertz CT molecular complexity index is 420. The van der Waals surface area contributed by atoms with E-state index in [9.17, 15) is 0 Å². The second-order valence-corrected chi connectivity index (χ2v) is 6.38. The molecule has 4 heteroatoms. The van der Waals surface area contributed by atoms with Gasteiger partial charge in [0.15, 0.2) is 0 Å². The molecule has 1 N–H and O–H groups in total. The molecular formula is C15H25N3O. The molecule has 0 aliphatic carbocycles. The van der Waals surface area contributed by atoms with Gasteiger partial charge in [-0.25, -0.2) is 9.97 Å². The lowest BCUT2D eigenvalue weighted by atomic mass is 10.0. The maximum Gasteiger partial charge on any atom is 0.134 e. The van der Waals surface area contributed by atoms with Gasteiger partial charge in [0, 0.05) is 30.3 Å². The number of hydrogen-bond acceptors (Lipinski definition) is 4. The summed E-state index contributed by atoms with van der Waals surface area (Å²) in [5.74, 6) is 1.31. The molecule has 1 saturated heterocycles. The molecule has 0 amide bonds. The minimum absolute atomic E-state index is 0.104. The minimum atomic E-state index is 0.104. The van der Waals surface area contributed by atoms with Crippen molar-refractivity contribution in [3.8, 4) is 0 Å². The van der Waals surface area contributed by atoms with Crippen molar-refractivity contribution in [2.45, 2.75) is 58.5 Å². The van der Waals surface area contributed by atoms with Crippen molar-refractivity contribution >= 4 is 0 Å². The van der Waals surface area contributed by atoms with Crippen LogP contribution in [0.5, 0.6) is 0 Å². The van der Waals surface area contributed by atoms with Gasteiger partial charge in [-0.3, -0.25) is 0 Å². The van der Waals surface area contributed by atoms with Crippen LogP contribution in [0.2, 0.25) is 0 Å². The highest BCUT2D eigenvalue weighted by molar-refractivity contribution is 5.13. The molecule has 1 aromatic heterocycles. The second-order valence-electron chi connectivity index (χ2n) is 6.38. The fourth-order valence-corrected chi connectivity index (χ4v) is 2.23. The van der Waals surface area contributed by atoms with Crippen LogP contribution in [0.1, 0.15) is 56.7 Å². The standard InChI is InChI=1S/C15H25N3O/c1-11-8-13(9-16-15(2,3)4)18-14(17-11)12-6-5-7-19-10-12/h8,12,16H,5-7,9-10H2,1-4H3. The molecule has 1 atom stereocenters. The van der Waals surface area contributed by atoms with E-state index in [0.717, 1.165) is 49.8 Å². The van der Waals surface area contributed by atoms with E-state index >= 15 is 0 Å². The van der Waals surface area contributed by atoms with E-state index in [1.165, 1.54) is 0 Å². The molecule has 0 bridgehead atoms. The van der Waals surface area contributed by atoms with E-state index in [1.807, 2.05) is 6.92 Å². The van der Waals surface area contributed by atoms with E-state index < -0.39 is 0 Å². The third-order valence-corrected chi connectivity index (χ3v) is 3.25. The monoisotopic (exact) mass is 263 g/mol. The summed E-state index contributed by atoms with van der Waals surface area (Å²) in [6, 6.07) is 2.06. The highest BCUT2D eigenvalue weighted by Gasteiger charge is 2.19. The molecular weight excluding hydrogens is 238 g/mol. The zero-order valence-electron chi connectivity index (χ0n) is 12.5. The molecule has 1 fully saturated rings. The summed E-state index contributed by atoms with van der Waals surface area (Å²) in [6.45, 7) is 10.9. The first-order valence-corrected chi connectivity index (χ1v) is 7.11. The number of rotatable bonds is 3. The summed E-state index contributed by atoms with van der Waals surface area (Å²) in [7, 11) is 0. The Morgan fingerprint density at radius 2 is 2.16 bits per heavy atom. The van der Waals surface area contributed by atoms with Crippen molar-refractivity contribution in [3.05, 3.63) is 23.3 Å². The molecule has 1 aromatic rings. The number of nitrogens with zero attached hydrogens (tertiary/aromatic N) is 2. The van der Waals surface area contributed by atoms with E-state index in [1.54, 1.807) is 0 Å². The zero-order chi connectivity index (χ0) is 13.9. The Morgan fingerprint density at radius 1 is 1.37 bits per heavy atom. The van der Waals surface area contributed by atoms with Crippen LogP contribution in [0.25, 0.3) is 0 Å². The average Bonchev–Trinajstić information content (AvgIpc) is 2.36. The first kappa shape index (κ1) is 14.4. The highest BCUT2D eigenvalue weighted by atomic mass is 16.5. The Kier molecular flexibility index (Phi) is 4.53. The number of nitrogens with one attached hydrogen (secondary N) is 1. The van der Waals surface area contributed by atoms with E-state index in [4.69, 9.17) is 9.72 Å². The van der Waals surface area contributed by atoms with Crippen LogP contribution in [-0.2, 0) is 11.3 Å². The van der Waals surface area contributed by atoms with Crippen LogP contribution in [0.3, 0.4) is 0 Å². The third kappa shape index (κ3) is 4.55. The number of aromatic nitrogens is 2. The Hall–Kier alpha value is -1.00. The van der Waals surface area contributed by atoms with Crippen LogP contribution in [0.4, 0.5) is 0 Å². The van der Waals surface area contributed by atoms with Crippen LogP contribution < -0.4 is 5.32 Å². The van der Waals surface area contributed by atoms with Crippen LogP contribution >= 0.6 is 0 Å². The van der Waals surface area contributed by atoms with Crippen molar-refractivity contribution in [2.24, 2.45) is 0 Å². The highest BCUT2D eigenvalue weighted by Crippen LogP contribution is 2.23. The number of aryl methyl sites for hydroxylation is 1. The van der Waals surface area contributed by atoms with Crippen molar-refractivity contribution in [1.29, 1.82) is 0 Å². The average molecular weight is 263 g/mol. The summed E-state index contributed by atoms with van der Waals surface area (Å²) in [5.41, 5.74) is 2.22. The van der Waals surface area contributed by atoms with Crippen molar-refractivity contribution in [3.63, 3.8) is 0 Å². The summed E-state index contributed by atoms with van der Waals surface area (Å²) in [6.07, 6.45) is 2.24. The van der Waals surface area contributed by atoms with Crippen molar-refractivity contribution in [1.82, 2.24) is 15.3 Å². The quantitative estimate of drug-likeness (QED) is 0.910. The fourth-order valence-electron chi connectivity index (χ4n) is 2.23. The molecule has 1 aliphatic heterocycles. The molecule has 0 aromatic carbocycles. The molecule has 2 rings (SSSR count). The SMILES string of the molecule is Cc1cc(CNC(C)(C)C)nc(C2CCCOC2)n1. The lowest BCUT2D eigenvalue weighted by Gasteiger charge is -2.23. The van der Waals surface area contributed by atoms with Gasteiger partial charge in [0.1, 0.15) is 5.82 Å². The maximum absolute atomic E-state index is 5.53. The van der Waals surface area contributed by atoms with Gasteiger partial charge in [-0.15, -0.1) is 0 Å². The molecule has 1 unspecified atom stereocenters. The van der Waals surface area contributed by atoms with Crippen LogP contribution in [0, 0.1) is 6.92 Å². The number of ether oxygens (including phenoxy) is 1. The van der Waals surface area contributed by atoms with Gasteiger partial charge < -0.3 is 10.1 Å². The lowest BCUT2D eigenvalue weighted by molar-refractivity contribution is 0.0779. The second kappa shape index (κ2) is 5.97. The molecule has 0 spiro atoms. The van der Waals surface area contributed by atoms with Crippen molar-refractivity contribution < 1.29 is 4.74 Å². The number of hydrogen-bond donors (Lipinski definition) is 1. The van der Waals surface area contributed by atoms with Crippen LogP contribution in [-0.4, -0.2) is 28.7 Å². The van der Waals surface area contributed by atoms with E-state index in [-0.39, 0.29) is 5.54 Å². The molecule has 1 aliphatic rings. The maximum atomic E-state index is 5.53. The summed E-state index contributed by atoms with van der Waals surface area (Å²) in [4.78, 5) is 9.29. The summed E-state index contributed by atoms with van der Waals surface area (Å²) < 4.78 is 5.53. The van der Waals surface area contributed by atoms with E-state index in [2.05, 4.69) is 37.1 Å². The topological polar surface area (TPSA) is 47.0 Å². The van der Waals surface area contributed by atoms with Gasteiger partial charge in [-0.1, -0.05) is 0 Å². The van der Waals surface area contributed by atoms with Crippen molar-refractivity contribution in [2.75, 3.05) is 13.2 Å². The first-order valence-electron chi connectivity index (χ1n) is 7.11. The third-order valence-electron chi connectivity index (χ3n) is 3.25. The molecule has 0 saturated carbocycles. The van der Waals surface area contributed by atoms with Crippen LogP contribution in [0.15, 0.2) is 6.07 Å². The predicted molar refractivity (Wildman–Crippen MR) is 76.2 cm³/mol. The van der Waals surface area contributed by atoms with Gasteiger partial charge >= 0.3 is 0 Å². The van der Waals surface area contributed by atoms with Gasteiger partial charge in [-0.2, -0.15) is 0 Å². The largest absolute Gasteiger partial charge is 0.381 e. The molecule has 2 heterocycles. The molecule has 106 valence electrons. The predicted octanol–water partition coefficient (Wildman–Crippen LogP) is 2.57. The van der Waals surface area contributed by atoms with Gasteiger partial charge in [-0.05, 0) is 46.6 Å². The molecule has 19 heavy (non-hydrogen) atoms.